The van der Waals surface area contributed by atoms with Gasteiger partial charge in [-0.25, -0.2) is 4.98 Å². The van der Waals surface area contributed by atoms with Gasteiger partial charge in [0.25, 0.3) is 5.56 Å². The molecule has 0 aliphatic heterocycles. The van der Waals surface area contributed by atoms with Crippen molar-refractivity contribution in [2.24, 2.45) is 0 Å². The van der Waals surface area contributed by atoms with Crippen LogP contribution in [0.3, 0.4) is 0 Å². The van der Waals surface area contributed by atoms with E-state index in [1.807, 2.05) is 48.5 Å². The zero-order valence-electron chi connectivity index (χ0n) is 17.7. The Morgan fingerprint density at radius 3 is 2.22 bits per heavy atom. The molecule has 5 aromatic rings. The van der Waals surface area contributed by atoms with Crippen LogP contribution >= 0.6 is 0 Å². The molecule has 32 heavy (non-hydrogen) atoms. The van der Waals surface area contributed by atoms with Crippen LogP contribution in [0.5, 0.6) is 0 Å². The summed E-state index contributed by atoms with van der Waals surface area (Å²) in [6, 6.07) is 28.3. The standard InChI is InChI=1S/C27H22N4O/c1-2-18-8-14-22(15-9-18)29-27-30-25-24(26(32)31-27)23(16-17-28-25)21-12-10-20(11-13-21)19-6-4-3-5-7-19/h3-17H,2H2,1H3,(H2,28,29,30,31,32). The summed E-state index contributed by atoms with van der Waals surface area (Å²) < 4.78 is 0. The van der Waals surface area contributed by atoms with Crippen molar-refractivity contribution in [1.82, 2.24) is 15.0 Å². The van der Waals surface area contributed by atoms with E-state index in [9.17, 15) is 4.79 Å². The fourth-order valence-corrected chi connectivity index (χ4v) is 3.80. The topological polar surface area (TPSA) is 70.7 Å². The Morgan fingerprint density at radius 2 is 1.50 bits per heavy atom. The van der Waals surface area contributed by atoms with Crippen LogP contribution < -0.4 is 10.9 Å². The number of hydrogen-bond donors (Lipinski definition) is 2. The number of rotatable bonds is 5. The quantitative estimate of drug-likeness (QED) is 0.370. The number of hydrogen-bond acceptors (Lipinski definition) is 4. The maximum Gasteiger partial charge on any atom is 0.262 e. The van der Waals surface area contributed by atoms with Crippen LogP contribution in [0.15, 0.2) is 95.9 Å². The first-order valence-corrected chi connectivity index (χ1v) is 10.6. The lowest BCUT2D eigenvalue weighted by molar-refractivity contribution is 1.13. The van der Waals surface area contributed by atoms with E-state index in [1.54, 1.807) is 6.20 Å². The van der Waals surface area contributed by atoms with Crippen LogP contribution in [0.4, 0.5) is 11.6 Å². The van der Waals surface area contributed by atoms with Crippen molar-refractivity contribution in [2.45, 2.75) is 13.3 Å². The fraction of sp³-hybridized carbons (Fsp3) is 0.0741. The van der Waals surface area contributed by atoms with E-state index in [4.69, 9.17) is 0 Å². The molecular weight excluding hydrogens is 396 g/mol. The van der Waals surface area contributed by atoms with Crippen molar-refractivity contribution in [2.75, 3.05) is 5.32 Å². The second-order valence-corrected chi connectivity index (χ2v) is 7.59. The van der Waals surface area contributed by atoms with Gasteiger partial charge in [0.15, 0.2) is 5.65 Å². The molecular formula is C27H22N4O. The number of aromatic nitrogens is 3. The van der Waals surface area contributed by atoms with E-state index < -0.39 is 0 Å². The molecule has 156 valence electrons. The first kappa shape index (κ1) is 19.7. The van der Waals surface area contributed by atoms with Crippen molar-refractivity contribution in [3.8, 4) is 22.3 Å². The Morgan fingerprint density at radius 1 is 0.812 bits per heavy atom. The van der Waals surface area contributed by atoms with Gasteiger partial charge < -0.3 is 5.32 Å². The maximum atomic E-state index is 13.0. The van der Waals surface area contributed by atoms with Gasteiger partial charge in [-0.3, -0.25) is 9.78 Å². The van der Waals surface area contributed by atoms with E-state index in [0.29, 0.717) is 17.0 Å². The van der Waals surface area contributed by atoms with Gasteiger partial charge >= 0.3 is 0 Å². The number of fused-ring (bicyclic) bond motifs is 1. The van der Waals surface area contributed by atoms with E-state index in [1.165, 1.54) is 5.56 Å². The maximum absolute atomic E-state index is 13.0. The molecule has 0 unspecified atom stereocenters. The molecule has 0 saturated carbocycles. The molecule has 0 amide bonds. The highest BCUT2D eigenvalue weighted by molar-refractivity contribution is 5.92. The molecule has 0 spiro atoms. The monoisotopic (exact) mass is 418 g/mol. The summed E-state index contributed by atoms with van der Waals surface area (Å²) in [4.78, 5) is 24.8. The minimum atomic E-state index is -0.224. The lowest BCUT2D eigenvalue weighted by atomic mass is 9.99. The molecule has 3 aromatic carbocycles. The third-order valence-corrected chi connectivity index (χ3v) is 5.54. The Labute approximate surface area is 185 Å². The SMILES string of the molecule is CCc1ccc(Nc2nc3nccc(-c4ccc(-c5ccccc5)cc4)c3c(=O)[nH]2)cc1. The molecule has 0 bridgehead atoms. The molecule has 0 fully saturated rings. The second-order valence-electron chi connectivity index (χ2n) is 7.59. The van der Waals surface area contributed by atoms with Crippen molar-refractivity contribution < 1.29 is 0 Å². The molecule has 0 radical (unpaired) electrons. The predicted molar refractivity (Wildman–Crippen MR) is 130 cm³/mol. The number of pyridine rings is 1. The summed E-state index contributed by atoms with van der Waals surface area (Å²) in [5.74, 6) is 0.371. The fourth-order valence-electron chi connectivity index (χ4n) is 3.80. The summed E-state index contributed by atoms with van der Waals surface area (Å²) in [5.41, 5.74) is 6.32. The van der Waals surface area contributed by atoms with Gasteiger partial charge in [0.1, 0.15) is 0 Å². The number of nitrogens with one attached hydrogen (secondary N) is 2. The summed E-state index contributed by atoms with van der Waals surface area (Å²) in [5, 5.41) is 3.64. The van der Waals surface area contributed by atoms with Gasteiger partial charge in [-0.15, -0.1) is 0 Å². The Balaban J connectivity index is 1.50. The van der Waals surface area contributed by atoms with Crippen LogP contribution in [0.2, 0.25) is 0 Å². The van der Waals surface area contributed by atoms with Gasteiger partial charge in [-0.1, -0.05) is 73.7 Å². The average molecular weight is 419 g/mol. The molecule has 5 heteroatoms. The highest BCUT2D eigenvalue weighted by Crippen LogP contribution is 2.28. The summed E-state index contributed by atoms with van der Waals surface area (Å²) in [6.45, 7) is 2.11. The largest absolute Gasteiger partial charge is 0.326 e. The first-order valence-electron chi connectivity index (χ1n) is 10.6. The summed E-state index contributed by atoms with van der Waals surface area (Å²) >= 11 is 0. The number of nitrogens with zero attached hydrogens (tertiary/aromatic N) is 2. The van der Waals surface area contributed by atoms with Crippen molar-refractivity contribution >= 4 is 22.7 Å². The lowest BCUT2D eigenvalue weighted by Crippen LogP contribution is -2.13. The molecule has 2 aromatic heterocycles. The number of anilines is 2. The number of aryl methyl sites for hydroxylation is 1. The van der Waals surface area contributed by atoms with Crippen molar-refractivity contribution in [3.05, 3.63) is 107 Å². The van der Waals surface area contributed by atoms with Crippen molar-refractivity contribution in [1.29, 1.82) is 0 Å². The van der Waals surface area contributed by atoms with Crippen molar-refractivity contribution in [3.63, 3.8) is 0 Å². The third-order valence-electron chi connectivity index (χ3n) is 5.54. The zero-order valence-corrected chi connectivity index (χ0v) is 17.7. The zero-order chi connectivity index (χ0) is 21.9. The number of H-pyrrole nitrogens is 1. The van der Waals surface area contributed by atoms with Gasteiger partial charge in [0.2, 0.25) is 5.95 Å². The molecule has 2 N–H and O–H groups in total. The molecule has 0 aliphatic carbocycles. The highest BCUT2D eigenvalue weighted by atomic mass is 16.1. The lowest BCUT2D eigenvalue weighted by Gasteiger charge is -2.10. The molecule has 5 nitrogen and oxygen atoms in total. The third kappa shape index (κ3) is 3.88. The van der Waals surface area contributed by atoms with Crippen LogP contribution in [0, 0.1) is 0 Å². The number of benzene rings is 3. The van der Waals surface area contributed by atoms with Gasteiger partial charge in [0, 0.05) is 11.9 Å². The smallest absolute Gasteiger partial charge is 0.262 e. The van der Waals surface area contributed by atoms with Crippen LogP contribution in [-0.2, 0) is 6.42 Å². The molecule has 0 saturated heterocycles. The number of aromatic amines is 1. The van der Waals surface area contributed by atoms with E-state index >= 15 is 0 Å². The van der Waals surface area contributed by atoms with Crippen LogP contribution in [-0.4, -0.2) is 15.0 Å². The van der Waals surface area contributed by atoms with E-state index in [-0.39, 0.29) is 5.56 Å². The average Bonchev–Trinajstić information content (AvgIpc) is 2.85. The Hall–Kier alpha value is -4.25. The molecule has 0 atom stereocenters. The van der Waals surface area contributed by atoms with Crippen LogP contribution in [0.25, 0.3) is 33.3 Å². The first-order chi connectivity index (χ1) is 15.7. The Bertz CT molecular complexity index is 1420. The van der Waals surface area contributed by atoms with Gasteiger partial charge in [-0.05, 0) is 52.4 Å². The van der Waals surface area contributed by atoms with Gasteiger partial charge in [0.05, 0.1) is 5.39 Å². The minimum absolute atomic E-state index is 0.224. The minimum Gasteiger partial charge on any atom is -0.326 e. The van der Waals surface area contributed by atoms with E-state index in [2.05, 4.69) is 63.6 Å². The summed E-state index contributed by atoms with van der Waals surface area (Å²) in [6.07, 6.45) is 2.67. The molecule has 0 aliphatic rings. The highest BCUT2D eigenvalue weighted by Gasteiger charge is 2.12. The normalized spacial score (nSPS) is 10.9. The summed E-state index contributed by atoms with van der Waals surface area (Å²) in [7, 11) is 0. The molecule has 5 rings (SSSR count). The predicted octanol–water partition coefficient (Wildman–Crippen LogP) is 5.96. The molecule has 2 heterocycles. The van der Waals surface area contributed by atoms with E-state index in [0.717, 1.165) is 34.4 Å². The Kier molecular flexibility index (Phi) is 5.22. The van der Waals surface area contributed by atoms with Crippen LogP contribution in [0.1, 0.15) is 12.5 Å². The second kappa shape index (κ2) is 8.47. The van der Waals surface area contributed by atoms with Gasteiger partial charge in [-0.2, -0.15) is 4.98 Å².